The zero-order valence-electron chi connectivity index (χ0n) is 11.2. The fourth-order valence-electron chi connectivity index (χ4n) is 2.56. The number of rotatable bonds is 2. The maximum Gasteiger partial charge on any atom is 0.252 e. The van der Waals surface area contributed by atoms with Crippen molar-refractivity contribution >= 4 is 32.5 Å². The second kappa shape index (κ2) is 5.00. The molecule has 0 radical (unpaired) electrons. The molecule has 3 rings (SSSR count). The highest BCUT2D eigenvalue weighted by Gasteiger charge is 2.29. The Labute approximate surface area is 122 Å². The smallest absolute Gasteiger partial charge is 0.252 e. The normalized spacial score (nSPS) is 20.5. The molecule has 0 spiro atoms. The van der Waals surface area contributed by atoms with Crippen molar-refractivity contribution in [2.45, 2.75) is 12.5 Å². The highest BCUT2D eigenvalue weighted by molar-refractivity contribution is 7.91. The number of hydrogen-bond acceptors (Lipinski definition) is 5. The van der Waals surface area contributed by atoms with Crippen molar-refractivity contribution in [1.82, 2.24) is 10.3 Å². The Kier molecular flexibility index (Phi) is 3.29. The van der Waals surface area contributed by atoms with Gasteiger partial charge in [-0.05, 0) is 18.6 Å². The van der Waals surface area contributed by atoms with Gasteiger partial charge in [0.2, 0.25) is 0 Å². The second-order valence-corrected chi connectivity index (χ2v) is 7.41. The maximum absolute atomic E-state index is 12.4. The van der Waals surface area contributed by atoms with Crippen molar-refractivity contribution in [2.75, 3.05) is 17.2 Å². The molecule has 6 nitrogen and oxygen atoms in total. The third-order valence-electron chi connectivity index (χ3n) is 3.55. The maximum atomic E-state index is 12.4. The molecule has 1 aromatic carbocycles. The summed E-state index contributed by atoms with van der Waals surface area (Å²) in [5, 5.41) is 3.47. The fourth-order valence-corrected chi connectivity index (χ4v) is 4.23. The Balaban J connectivity index is 1.91. The van der Waals surface area contributed by atoms with Gasteiger partial charge in [0.15, 0.2) is 9.84 Å². The number of carbonyl (C=O) groups is 1. The number of nitrogens with one attached hydrogen (secondary N) is 1. The molecule has 3 N–H and O–H groups in total. The van der Waals surface area contributed by atoms with Gasteiger partial charge in [0.1, 0.15) is 5.82 Å². The predicted octanol–water partition coefficient (Wildman–Crippen LogP) is 0.734. The minimum Gasteiger partial charge on any atom is -0.384 e. The number of pyridine rings is 1. The van der Waals surface area contributed by atoms with E-state index in [0.29, 0.717) is 22.9 Å². The molecule has 1 amide bonds. The molecule has 0 bridgehead atoms. The second-order valence-electron chi connectivity index (χ2n) is 5.19. The number of nitrogens with zero attached hydrogens (tertiary/aromatic N) is 1. The molecule has 1 fully saturated rings. The van der Waals surface area contributed by atoms with Gasteiger partial charge < -0.3 is 11.1 Å². The Hall–Kier alpha value is -2.15. The number of para-hydroxylation sites is 1. The van der Waals surface area contributed by atoms with Crippen molar-refractivity contribution in [3.63, 3.8) is 0 Å². The van der Waals surface area contributed by atoms with Crippen LogP contribution in [0.15, 0.2) is 30.3 Å². The van der Waals surface area contributed by atoms with Crippen LogP contribution in [0.1, 0.15) is 16.8 Å². The van der Waals surface area contributed by atoms with E-state index in [9.17, 15) is 13.2 Å². The molecule has 1 unspecified atom stereocenters. The number of sulfone groups is 1. The Morgan fingerprint density at radius 2 is 2.10 bits per heavy atom. The summed E-state index contributed by atoms with van der Waals surface area (Å²) < 4.78 is 22.9. The standard InChI is InChI=1S/C14H15N3O3S/c15-13-7-11(10-3-1-2-4-12(10)17-13)14(18)16-9-5-6-21(19,20)8-9/h1-4,7,9H,5-6,8H2,(H2,15,17)(H,16,18). The number of amides is 1. The van der Waals surface area contributed by atoms with E-state index in [1.54, 1.807) is 12.1 Å². The first kappa shape index (κ1) is 13.8. The van der Waals surface area contributed by atoms with Gasteiger partial charge in [-0.15, -0.1) is 0 Å². The van der Waals surface area contributed by atoms with Gasteiger partial charge in [0, 0.05) is 11.4 Å². The van der Waals surface area contributed by atoms with Crippen molar-refractivity contribution in [1.29, 1.82) is 0 Å². The lowest BCUT2D eigenvalue weighted by Crippen LogP contribution is -2.35. The van der Waals surface area contributed by atoms with E-state index in [1.807, 2.05) is 12.1 Å². The third-order valence-corrected chi connectivity index (χ3v) is 5.32. The summed E-state index contributed by atoms with van der Waals surface area (Å²) in [5.74, 6) is 0.0642. The zero-order valence-corrected chi connectivity index (χ0v) is 12.1. The number of hydrogen-bond donors (Lipinski definition) is 2. The summed E-state index contributed by atoms with van der Waals surface area (Å²) in [6, 6.07) is 8.39. The fraction of sp³-hybridized carbons (Fsp3) is 0.286. The van der Waals surface area contributed by atoms with Crippen molar-refractivity contribution in [3.05, 3.63) is 35.9 Å². The largest absolute Gasteiger partial charge is 0.384 e. The summed E-state index contributed by atoms with van der Waals surface area (Å²) in [5.41, 5.74) is 6.79. The van der Waals surface area contributed by atoms with Crippen LogP contribution in [-0.2, 0) is 9.84 Å². The molecule has 21 heavy (non-hydrogen) atoms. The SMILES string of the molecule is Nc1cc(C(=O)NC2CCS(=O)(=O)C2)c2ccccc2n1. The average Bonchev–Trinajstić information content (AvgIpc) is 2.76. The molecule has 0 saturated carbocycles. The number of benzene rings is 1. The number of fused-ring (bicyclic) bond motifs is 1. The lowest BCUT2D eigenvalue weighted by molar-refractivity contribution is 0.0943. The number of carbonyl (C=O) groups excluding carboxylic acids is 1. The molecule has 1 atom stereocenters. The van der Waals surface area contributed by atoms with Crippen LogP contribution in [0.25, 0.3) is 10.9 Å². The van der Waals surface area contributed by atoms with Crippen molar-refractivity contribution < 1.29 is 13.2 Å². The molecular weight excluding hydrogens is 290 g/mol. The van der Waals surface area contributed by atoms with Gasteiger partial charge in [0.05, 0.1) is 22.6 Å². The van der Waals surface area contributed by atoms with E-state index in [1.165, 1.54) is 6.07 Å². The van der Waals surface area contributed by atoms with E-state index in [2.05, 4.69) is 10.3 Å². The summed E-state index contributed by atoms with van der Waals surface area (Å²) in [6.45, 7) is 0. The summed E-state index contributed by atoms with van der Waals surface area (Å²) in [6.07, 6.45) is 0.451. The van der Waals surface area contributed by atoms with Gasteiger partial charge in [-0.3, -0.25) is 4.79 Å². The molecule has 1 aromatic heterocycles. The molecular formula is C14H15N3O3S. The molecule has 1 aliphatic rings. The first-order chi connectivity index (χ1) is 9.94. The Bertz CT molecular complexity index is 817. The minimum atomic E-state index is -3.03. The first-order valence-corrected chi connectivity index (χ1v) is 8.43. The molecule has 7 heteroatoms. The quantitative estimate of drug-likeness (QED) is 0.851. The van der Waals surface area contributed by atoms with Gasteiger partial charge in [-0.1, -0.05) is 18.2 Å². The summed E-state index contributed by atoms with van der Waals surface area (Å²) in [4.78, 5) is 16.6. The molecule has 1 aliphatic heterocycles. The summed E-state index contributed by atoms with van der Waals surface area (Å²) >= 11 is 0. The molecule has 1 saturated heterocycles. The lowest BCUT2D eigenvalue weighted by atomic mass is 10.1. The van der Waals surface area contributed by atoms with Crippen LogP contribution in [0.2, 0.25) is 0 Å². The highest BCUT2D eigenvalue weighted by Crippen LogP contribution is 2.20. The van der Waals surface area contributed by atoms with Gasteiger partial charge in [0.25, 0.3) is 5.91 Å². The van der Waals surface area contributed by atoms with Crippen LogP contribution >= 0.6 is 0 Å². The third kappa shape index (κ3) is 2.82. The van der Waals surface area contributed by atoms with Crippen molar-refractivity contribution in [2.24, 2.45) is 0 Å². The van der Waals surface area contributed by atoms with E-state index in [0.717, 1.165) is 0 Å². The highest BCUT2D eigenvalue weighted by atomic mass is 32.2. The van der Waals surface area contributed by atoms with Gasteiger partial charge in [-0.2, -0.15) is 0 Å². The predicted molar refractivity (Wildman–Crippen MR) is 80.7 cm³/mol. The van der Waals surface area contributed by atoms with Gasteiger partial charge >= 0.3 is 0 Å². The van der Waals surface area contributed by atoms with Crippen molar-refractivity contribution in [3.8, 4) is 0 Å². The van der Waals surface area contributed by atoms with Crippen LogP contribution in [0, 0.1) is 0 Å². The van der Waals surface area contributed by atoms with Crippen LogP contribution in [-0.4, -0.2) is 36.9 Å². The topological polar surface area (TPSA) is 102 Å². The molecule has 2 aromatic rings. The summed E-state index contributed by atoms with van der Waals surface area (Å²) in [7, 11) is -3.03. The zero-order chi connectivity index (χ0) is 15.0. The van der Waals surface area contributed by atoms with Gasteiger partial charge in [-0.25, -0.2) is 13.4 Å². The van der Waals surface area contributed by atoms with Crippen LogP contribution in [0.3, 0.4) is 0 Å². The van der Waals surface area contributed by atoms with E-state index >= 15 is 0 Å². The number of aromatic nitrogens is 1. The lowest BCUT2D eigenvalue weighted by Gasteiger charge is -2.12. The minimum absolute atomic E-state index is 0.00274. The van der Waals surface area contributed by atoms with E-state index in [4.69, 9.17) is 5.73 Å². The van der Waals surface area contributed by atoms with E-state index < -0.39 is 9.84 Å². The van der Waals surface area contributed by atoms with Crippen LogP contribution in [0.5, 0.6) is 0 Å². The first-order valence-electron chi connectivity index (χ1n) is 6.61. The van der Waals surface area contributed by atoms with Crippen LogP contribution < -0.4 is 11.1 Å². The average molecular weight is 305 g/mol. The molecule has 110 valence electrons. The molecule has 0 aliphatic carbocycles. The molecule has 2 heterocycles. The Morgan fingerprint density at radius 1 is 1.33 bits per heavy atom. The number of anilines is 1. The Morgan fingerprint density at radius 3 is 2.81 bits per heavy atom. The number of nitrogens with two attached hydrogens (primary N) is 1. The van der Waals surface area contributed by atoms with E-state index in [-0.39, 0.29) is 29.3 Å². The van der Waals surface area contributed by atoms with Crippen LogP contribution in [0.4, 0.5) is 5.82 Å². The monoisotopic (exact) mass is 305 g/mol. The number of nitrogen functional groups attached to an aromatic ring is 1.